The van der Waals surface area contributed by atoms with Gasteiger partial charge in [-0.05, 0) is 43.2 Å². The van der Waals surface area contributed by atoms with Crippen LogP contribution in [-0.4, -0.2) is 26.7 Å². The number of para-hydroxylation sites is 1. The van der Waals surface area contributed by atoms with Gasteiger partial charge in [0.2, 0.25) is 0 Å². The number of carbonyl (C=O) groups is 1. The van der Waals surface area contributed by atoms with E-state index in [0.29, 0.717) is 27.7 Å². The maximum absolute atomic E-state index is 13.1. The van der Waals surface area contributed by atoms with Crippen LogP contribution in [0, 0.1) is 10.1 Å². The zero-order chi connectivity index (χ0) is 21.1. The summed E-state index contributed by atoms with van der Waals surface area (Å²) in [5, 5.41) is 19.1. The molecule has 1 aliphatic rings. The van der Waals surface area contributed by atoms with E-state index in [1.807, 2.05) is 12.1 Å². The zero-order valence-electron chi connectivity index (χ0n) is 16.3. The molecule has 0 aliphatic heterocycles. The van der Waals surface area contributed by atoms with Crippen LogP contribution in [0.1, 0.15) is 42.6 Å². The lowest BCUT2D eigenvalue weighted by atomic mass is 9.95. The van der Waals surface area contributed by atoms with Gasteiger partial charge in [-0.2, -0.15) is 5.10 Å². The number of hydrogen-bond acceptors (Lipinski definition) is 4. The number of nitrogens with one attached hydrogen (secondary N) is 1. The molecule has 8 heteroatoms. The Morgan fingerprint density at radius 1 is 1.10 bits per heavy atom. The number of hydrogen-bond donors (Lipinski definition) is 1. The van der Waals surface area contributed by atoms with Gasteiger partial charge >= 0.3 is 0 Å². The van der Waals surface area contributed by atoms with Crippen molar-refractivity contribution in [3.63, 3.8) is 0 Å². The topological polar surface area (TPSA) is 90.1 Å². The molecule has 3 aromatic rings. The number of rotatable bonds is 5. The Balaban J connectivity index is 1.72. The van der Waals surface area contributed by atoms with E-state index in [2.05, 4.69) is 10.4 Å². The van der Waals surface area contributed by atoms with Gasteiger partial charge in [-0.25, -0.2) is 4.68 Å². The third kappa shape index (κ3) is 4.21. The first kappa shape index (κ1) is 20.1. The SMILES string of the molecule is O=C(NC1CCCCC1)c1cc(-c2ccc([N+](=O)[O-])cc2)nn1-c1ccccc1Cl. The molecule has 4 rings (SSSR count). The summed E-state index contributed by atoms with van der Waals surface area (Å²) in [5.41, 5.74) is 2.19. The van der Waals surface area contributed by atoms with Gasteiger partial charge in [0.25, 0.3) is 11.6 Å². The van der Waals surface area contributed by atoms with Gasteiger partial charge in [-0.3, -0.25) is 14.9 Å². The van der Waals surface area contributed by atoms with Gasteiger partial charge in [0.15, 0.2) is 0 Å². The molecule has 1 heterocycles. The molecule has 0 unspecified atom stereocenters. The molecule has 30 heavy (non-hydrogen) atoms. The van der Waals surface area contributed by atoms with Crippen LogP contribution in [0.4, 0.5) is 5.69 Å². The second-order valence-electron chi connectivity index (χ2n) is 7.39. The first-order valence-corrected chi connectivity index (χ1v) is 10.3. The fourth-order valence-electron chi connectivity index (χ4n) is 3.75. The quantitative estimate of drug-likeness (QED) is 0.452. The molecular formula is C22H21ClN4O3. The van der Waals surface area contributed by atoms with Crippen LogP contribution in [0.25, 0.3) is 16.9 Å². The van der Waals surface area contributed by atoms with Crippen molar-refractivity contribution < 1.29 is 9.72 Å². The average molecular weight is 425 g/mol. The van der Waals surface area contributed by atoms with Crippen LogP contribution in [0.3, 0.4) is 0 Å². The number of aromatic nitrogens is 2. The second-order valence-corrected chi connectivity index (χ2v) is 7.80. The van der Waals surface area contributed by atoms with E-state index in [1.165, 1.54) is 23.2 Å². The molecule has 0 spiro atoms. The van der Waals surface area contributed by atoms with Gasteiger partial charge in [-0.15, -0.1) is 0 Å². The molecule has 1 N–H and O–H groups in total. The van der Waals surface area contributed by atoms with Crippen molar-refractivity contribution in [2.24, 2.45) is 0 Å². The second kappa shape index (κ2) is 8.67. The van der Waals surface area contributed by atoms with Crippen LogP contribution in [0.15, 0.2) is 54.6 Å². The van der Waals surface area contributed by atoms with Crippen LogP contribution in [0.2, 0.25) is 5.02 Å². The van der Waals surface area contributed by atoms with E-state index in [-0.39, 0.29) is 17.6 Å². The fraction of sp³-hybridized carbons (Fsp3) is 0.273. The number of nitro groups is 1. The molecule has 1 aliphatic carbocycles. The summed E-state index contributed by atoms with van der Waals surface area (Å²) in [5.74, 6) is -0.206. The Labute approximate surface area is 178 Å². The Kier molecular flexibility index (Phi) is 5.81. The van der Waals surface area contributed by atoms with Gasteiger partial charge in [0, 0.05) is 23.7 Å². The number of nitro benzene ring substituents is 1. The third-order valence-corrected chi connectivity index (χ3v) is 5.66. The number of non-ortho nitro benzene ring substituents is 1. The molecule has 1 saturated carbocycles. The van der Waals surface area contributed by atoms with Crippen LogP contribution in [0.5, 0.6) is 0 Å². The average Bonchev–Trinajstić information content (AvgIpc) is 3.20. The first-order valence-electron chi connectivity index (χ1n) is 9.93. The van der Waals surface area contributed by atoms with E-state index >= 15 is 0 Å². The maximum atomic E-state index is 13.1. The summed E-state index contributed by atoms with van der Waals surface area (Å²) in [6, 6.07) is 15.1. The summed E-state index contributed by atoms with van der Waals surface area (Å²) in [6.45, 7) is 0. The van der Waals surface area contributed by atoms with Gasteiger partial charge in [-0.1, -0.05) is 43.0 Å². The van der Waals surface area contributed by atoms with Crippen molar-refractivity contribution in [3.8, 4) is 16.9 Å². The van der Waals surface area contributed by atoms with E-state index in [4.69, 9.17) is 11.6 Å². The van der Waals surface area contributed by atoms with Crippen LogP contribution in [-0.2, 0) is 0 Å². The van der Waals surface area contributed by atoms with Crippen molar-refractivity contribution >= 4 is 23.2 Å². The molecule has 154 valence electrons. The van der Waals surface area contributed by atoms with Crippen molar-refractivity contribution in [3.05, 3.63) is 75.4 Å². The maximum Gasteiger partial charge on any atom is 0.270 e. The predicted octanol–water partition coefficient (Wildman–Crippen LogP) is 5.16. The molecule has 0 bridgehead atoms. The lowest BCUT2D eigenvalue weighted by molar-refractivity contribution is -0.384. The highest BCUT2D eigenvalue weighted by Crippen LogP contribution is 2.27. The summed E-state index contributed by atoms with van der Waals surface area (Å²) in [6.07, 6.45) is 5.38. The molecule has 1 aromatic heterocycles. The van der Waals surface area contributed by atoms with Crippen molar-refractivity contribution in [1.82, 2.24) is 15.1 Å². The first-order chi connectivity index (χ1) is 14.5. The highest BCUT2D eigenvalue weighted by atomic mass is 35.5. The lowest BCUT2D eigenvalue weighted by Crippen LogP contribution is -2.37. The van der Waals surface area contributed by atoms with Gasteiger partial charge in [0.1, 0.15) is 5.69 Å². The molecule has 0 atom stereocenters. The molecule has 1 fully saturated rings. The molecule has 1 amide bonds. The lowest BCUT2D eigenvalue weighted by Gasteiger charge is -2.22. The Morgan fingerprint density at radius 2 is 1.80 bits per heavy atom. The van der Waals surface area contributed by atoms with Gasteiger partial charge < -0.3 is 5.32 Å². The van der Waals surface area contributed by atoms with Crippen molar-refractivity contribution in [2.75, 3.05) is 0 Å². The third-order valence-electron chi connectivity index (χ3n) is 5.34. The molecule has 2 aromatic carbocycles. The van der Waals surface area contributed by atoms with Gasteiger partial charge in [0.05, 0.1) is 21.3 Å². The van der Waals surface area contributed by atoms with E-state index < -0.39 is 4.92 Å². The molecule has 7 nitrogen and oxygen atoms in total. The smallest absolute Gasteiger partial charge is 0.270 e. The minimum Gasteiger partial charge on any atom is -0.348 e. The Bertz CT molecular complexity index is 1070. The van der Waals surface area contributed by atoms with E-state index in [1.54, 1.807) is 30.3 Å². The summed E-state index contributed by atoms with van der Waals surface area (Å²) >= 11 is 6.37. The van der Waals surface area contributed by atoms with E-state index in [9.17, 15) is 14.9 Å². The monoisotopic (exact) mass is 424 g/mol. The fourth-order valence-corrected chi connectivity index (χ4v) is 3.97. The molecule has 0 radical (unpaired) electrons. The standard InChI is InChI=1S/C22H21ClN4O3/c23-18-8-4-5-9-20(18)26-21(22(28)24-16-6-2-1-3-7-16)14-19(25-26)15-10-12-17(13-11-15)27(29)30/h4-5,8-14,16H,1-3,6-7H2,(H,24,28). The van der Waals surface area contributed by atoms with Crippen molar-refractivity contribution in [2.45, 2.75) is 38.1 Å². The summed E-state index contributed by atoms with van der Waals surface area (Å²) in [7, 11) is 0. The van der Waals surface area contributed by atoms with Crippen LogP contribution >= 0.6 is 11.6 Å². The van der Waals surface area contributed by atoms with Crippen molar-refractivity contribution in [1.29, 1.82) is 0 Å². The molecule has 0 saturated heterocycles. The Hall–Kier alpha value is -3.19. The molecular weight excluding hydrogens is 404 g/mol. The Morgan fingerprint density at radius 3 is 2.47 bits per heavy atom. The normalized spacial score (nSPS) is 14.4. The largest absolute Gasteiger partial charge is 0.348 e. The zero-order valence-corrected chi connectivity index (χ0v) is 17.0. The number of carbonyl (C=O) groups excluding carboxylic acids is 1. The number of halogens is 1. The number of benzene rings is 2. The summed E-state index contributed by atoms with van der Waals surface area (Å²) < 4.78 is 1.54. The summed E-state index contributed by atoms with van der Waals surface area (Å²) in [4.78, 5) is 23.6. The highest BCUT2D eigenvalue weighted by Gasteiger charge is 2.22. The van der Waals surface area contributed by atoms with Crippen LogP contribution < -0.4 is 5.32 Å². The van der Waals surface area contributed by atoms with E-state index in [0.717, 1.165) is 25.7 Å². The minimum atomic E-state index is -0.449. The number of amides is 1. The minimum absolute atomic E-state index is 0.000415. The highest BCUT2D eigenvalue weighted by molar-refractivity contribution is 6.32. The number of nitrogens with zero attached hydrogens (tertiary/aromatic N) is 3. The predicted molar refractivity (Wildman–Crippen MR) is 115 cm³/mol.